The minimum absolute atomic E-state index is 0.168. The Morgan fingerprint density at radius 2 is 0.946 bits per heavy atom. The summed E-state index contributed by atoms with van der Waals surface area (Å²) in [7, 11) is 1.64. The maximum atomic E-state index is 8.41. The second kappa shape index (κ2) is 32.9. The fraction of sp³-hybridized carbons (Fsp3) is 1.00. The van der Waals surface area contributed by atoms with Crippen LogP contribution < -0.4 is 5.90 Å². The van der Waals surface area contributed by atoms with Crippen LogP contribution in [-0.2, 0) is 52.2 Å². The second-order valence-electron chi connectivity index (χ2n) is 7.13. The lowest BCUT2D eigenvalue weighted by Gasteiger charge is -2.15. The van der Waals surface area contributed by atoms with E-state index in [1.165, 1.54) is 0 Å². The molecule has 0 radical (unpaired) electrons. The van der Waals surface area contributed by atoms with E-state index in [9.17, 15) is 0 Å². The number of nitrogens with zero attached hydrogens (tertiary/aromatic N) is 3. The van der Waals surface area contributed by atoms with Crippen molar-refractivity contribution in [2.75, 3.05) is 139 Å². The summed E-state index contributed by atoms with van der Waals surface area (Å²) < 4.78 is 53.6. The van der Waals surface area contributed by atoms with E-state index in [0.29, 0.717) is 106 Å². The highest BCUT2D eigenvalue weighted by Crippen LogP contribution is 1.96. The van der Waals surface area contributed by atoms with E-state index in [4.69, 9.17) is 58.8 Å². The van der Waals surface area contributed by atoms with Crippen molar-refractivity contribution < 1.29 is 52.2 Å². The fourth-order valence-electron chi connectivity index (χ4n) is 2.44. The number of azide groups is 1. The number of nitrogens with two attached hydrogens (primary N) is 1. The molecule has 0 bridgehead atoms. The average molecular weight is 543 g/mol. The first-order valence-corrected chi connectivity index (χ1v) is 12.4. The summed E-state index contributed by atoms with van der Waals surface area (Å²) in [6.45, 7) is 8.96. The number of hydrogen-bond acceptors (Lipinski definition) is 13. The Hall–Kier alpha value is -1.17. The maximum absolute atomic E-state index is 8.41. The third-order valence-corrected chi connectivity index (χ3v) is 4.24. The van der Waals surface area contributed by atoms with Crippen molar-refractivity contribution in [2.45, 2.75) is 6.10 Å². The molecule has 0 heterocycles. The molecule has 0 fully saturated rings. The van der Waals surface area contributed by atoms with E-state index in [2.05, 4.69) is 14.9 Å². The monoisotopic (exact) mass is 542 g/mol. The SMILES string of the molecule is COCCOCCOCCOCCOCCOCCOCCOCCOCC(CN=[N+]=[N-])OCCON. The molecule has 220 valence electrons. The summed E-state index contributed by atoms with van der Waals surface area (Å²) in [5.74, 6) is 4.94. The zero-order valence-electron chi connectivity index (χ0n) is 22.1. The van der Waals surface area contributed by atoms with E-state index in [1.807, 2.05) is 0 Å². The van der Waals surface area contributed by atoms with Crippen LogP contribution in [0.1, 0.15) is 0 Å². The second-order valence-corrected chi connectivity index (χ2v) is 7.13. The van der Waals surface area contributed by atoms with Crippen LogP contribution in [0, 0.1) is 0 Å². The van der Waals surface area contributed by atoms with Crippen molar-refractivity contribution in [1.82, 2.24) is 0 Å². The highest BCUT2D eigenvalue weighted by Gasteiger charge is 2.08. The average Bonchev–Trinajstić information content (AvgIpc) is 2.91. The standard InChI is InChI=1S/C22H46N4O11/c1-27-2-3-28-4-5-29-6-7-30-8-9-31-10-11-32-12-13-33-14-15-34-16-17-35-21-22(20-25-26-23)36-18-19-37-24/h22H,2-21,24H2,1H3. The Labute approximate surface area is 219 Å². The van der Waals surface area contributed by atoms with Gasteiger partial charge in [0.25, 0.3) is 0 Å². The van der Waals surface area contributed by atoms with Gasteiger partial charge in [-0.2, -0.15) is 0 Å². The summed E-state index contributed by atoms with van der Waals surface area (Å²) in [6.07, 6.45) is -0.360. The third-order valence-electron chi connectivity index (χ3n) is 4.24. The molecule has 0 saturated heterocycles. The van der Waals surface area contributed by atoms with Crippen LogP contribution in [0.25, 0.3) is 10.4 Å². The zero-order chi connectivity index (χ0) is 26.9. The maximum Gasteiger partial charge on any atom is 0.0913 e. The van der Waals surface area contributed by atoms with Crippen LogP contribution in [0.4, 0.5) is 0 Å². The molecule has 0 aromatic rings. The molecule has 37 heavy (non-hydrogen) atoms. The quantitative estimate of drug-likeness (QED) is 0.0406. The molecule has 0 aromatic carbocycles. The topological polar surface area (TPSA) is 176 Å². The van der Waals surface area contributed by atoms with Crippen molar-refractivity contribution in [2.24, 2.45) is 11.0 Å². The van der Waals surface area contributed by atoms with Crippen molar-refractivity contribution in [3.8, 4) is 0 Å². The van der Waals surface area contributed by atoms with Crippen molar-refractivity contribution in [3.05, 3.63) is 10.4 Å². The molecule has 0 saturated carbocycles. The van der Waals surface area contributed by atoms with Gasteiger partial charge in [-0.1, -0.05) is 5.11 Å². The first-order chi connectivity index (χ1) is 18.3. The van der Waals surface area contributed by atoms with Crippen molar-refractivity contribution in [3.63, 3.8) is 0 Å². The van der Waals surface area contributed by atoms with Crippen LogP contribution in [0.2, 0.25) is 0 Å². The molecule has 0 rings (SSSR count). The highest BCUT2D eigenvalue weighted by atomic mass is 16.6. The molecule has 0 amide bonds. The molecule has 0 aliphatic rings. The normalized spacial score (nSPS) is 12.1. The Morgan fingerprint density at radius 1 is 0.568 bits per heavy atom. The van der Waals surface area contributed by atoms with Gasteiger partial charge in [-0.05, 0) is 5.53 Å². The Bertz CT molecular complexity index is 492. The molecule has 0 aromatic heterocycles. The van der Waals surface area contributed by atoms with Crippen LogP contribution in [0.5, 0.6) is 0 Å². The van der Waals surface area contributed by atoms with Gasteiger partial charge < -0.3 is 52.2 Å². The molecule has 0 aliphatic carbocycles. The van der Waals surface area contributed by atoms with Crippen molar-refractivity contribution >= 4 is 0 Å². The van der Waals surface area contributed by atoms with E-state index >= 15 is 0 Å². The highest BCUT2D eigenvalue weighted by molar-refractivity contribution is 4.61. The van der Waals surface area contributed by atoms with Crippen LogP contribution in [-0.4, -0.2) is 145 Å². The van der Waals surface area contributed by atoms with E-state index in [1.54, 1.807) is 7.11 Å². The lowest BCUT2D eigenvalue weighted by atomic mass is 10.4. The smallest absolute Gasteiger partial charge is 0.0913 e. The molecule has 0 spiro atoms. The zero-order valence-corrected chi connectivity index (χ0v) is 22.1. The molecule has 1 unspecified atom stereocenters. The number of ether oxygens (including phenoxy) is 10. The van der Waals surface area contributed by atoms with Gasteiger partial charge in [0.1, 0.15) is 0 Å². The van der Waals surface area contributed by atoms with Crippen molar-refractivity contribution in [1.29, 1.82) is 0 Å². The molecule has 0 aliphatic heterocycles. The summed E-state index contributed by atoms with van der Waals surface area (Å²) in [5.41, 5.74) is 8.41. The first-order valence-electron chi connectivity index (χ1n) is 12.4. The summed E-state index contributed by atoms with van der Waals surface area (Å²) >= 11 is 0. The van der Waals surface area contributed by atoms with Crippen LogP contribution in [0.3, 0.4) is 0 Å². The molecule has 15 nitrogen and oxygen atoms in total. The van der Waals surface area contributed by atoms with Gasteiger partial charge in [0.2, 0.25) is 0 Å². The summed E-state index contributed by atoms with van der Waals surface area (Å²) in [4.78, 5) is 7.14. The minimum Gasteiger partial charge on any atom is -0.382 e. The number of hydrogen-bond donors (Lipinski definition) is 1. The van der Waals surface area contributed by atoms with Gasteiger partial charge in [0.15, 0.2) is 0 Å². The molecular formula is C22H46N4O11. The van der Waals surface area contributed by atoms with Gasteiger partial charge in [-0.25, -0.2) is 5.90 Å². The summed E-state index contributed by atoms with van der Waals surface area (Å²) in [5, 5.41) is 3.49. The van der Waals surface area contributed by atoms with Crippen LogP contribution in [0.15, 0.2) is 5.11 Å². The lowest BCUT2D eigenvalue weighted by Crippen LogP contribution is -2.26. The van der Waals surface area contributed by atoms with E-state index < -0.39 is 0 Å². The lowest BCUT2D eigenvalue weighted by molar-refractivity contribution is -0.0484. The van der Waals surface area contributed by atoms with Crippen LogP contribution >= 0.6 is 0 Å². The molecule has 2 N–H and O–H groups in total. The Kier molecular flexibility index (Phi) is 31.8. The fourth-order valence-corrected chi connectivity index (χ4v) is 2.44. The summed E-state index contributed by atoms with van der Waals surface area (Å²) in [6, 6.07) is 0. The molecule has 1 atom stereocenters. The third kappa shape index (κ3) is 30.9. The number of rotatable bonds is 32. The molecule has 15 heteroatoms. The minimum atomic E-state index is -0.360. The van der Waals surface area contributed by atoms with Gasteiger partial charge in [0.05, 0.1) is 138 Å². The molecular weight excluding hydrogens is 496 g/mol. The van der Waals surface area contributed by atoms with E-state index in [-0.39, 0.29) is 32.5 Å². The van der Waals surface area contributed by atoms with Gasteiger partial charge >= 0.3 is 0 Å². The Balaban J connectivity index is 3.22. The van der Waals surface area contributed by atoms with Gasteiger partial charge in [-0.3, -0.25) is 0 Å². The largest absolute Gasteiger partial charge is 0.382 e. The first kappa shape index (κ1) is 35.8. The van der Waals surface area contributed by atoms with Gasteiger partial charge in [-0.15, -0.1) is 0 Å². The van der Waals surface area contributed by atoms with E-state index in [0.717, 1.165) is 0 Å². The predicted octanol–water partition coefficient (Wildman–Crippen LogP) is 0.351. The Morgan fingerprint density at radius 3 is 1.30 bits per heavy atom. The predicted molar refractivity (Wildman–Crippen MR) is 132 cm³/mol. The number of methoxy groups -OCH3 is 1. The van der Waals surface area contributed by atoms with Gasteiger partial charge in [0, 0.05) is 12.0 Å².